The Hall–Kier alpha value is -4.12. The second-order valence-corrected chi connectivity index (χ2v) is 7.43. The summed E-state index contributed by atoms with van der Waals surface area (Å²) >= 11 is 0. The van der Waals surface area contributed by atoms with E-state index in [0.29, 0.717) is 11.5 Å². The molecule has 0 aliphatic heterocycles. The average Bonchev–Trinajstić information content (AvgIpc) is 2.79. The fourth-order valence-corrected chi connectivity index (χ4v) is 3.21. The average molecular weight is 442 g/mol. The number of allylic oxidation sites excluding steroid dienone is 2. The van der Waals surface area contributed by atoms with Gasteiger partial charge in [0.05, 0.1) is 0 Å². The van der Waals surface area contributed by atoms with E-state index >= 15 is 0 Å². The Bertz CT molecular complexity index is 1110. The molecule has 0 aliphatic rings. The molecule has 5 heteroatoms. The zero-order chi connectivity index (χ0) is 23.8. The highest BCUT2D eigenvalue weighted by Gasteiger charge is 2.14. The first kappa shape index (κ1) is 23.5. The van der Waals surface area contributed by atoms with E-state index in [-0.39, 0.29) is 0 Å². The van der Waals surface area contributed by atoms with Crippen LogP contribution in [0.15, 0.2) is 91.0 Å². The van der Waals surface area contributed by atoms with E-state index in [2.05, 4.69) is 36.9 Å². The Labute approximate surface area is 194 Å². The molecule has 33 heavy (non-hydrogen) atoms. The van der Waals surface area contributed by atoms with Gasteiger partial charge in [-0.1, -0.05) is 18.2 Å². The van der Waals surface area contributed by atoms with Crippen LogP contribution in [0.1, 0.15) is 25.0 Å². The first-order valence-electron chi connectivity index (χ1n) is 10.7. The molecule has 0 bridgehead atoms. The van der Waals surface area contributed by atoms with Crippen molar-refractivity contribution in [2.45, 2.75) is 27.7 Å². The monoisotopic (exact) mass is 441 g/mol. The van der Waals surface area contributed by atoms with Crippen LogP contribution in [0.5, 0.6) is 11.5 Å². The van der Waals surface area contributed by atoms with Crippen LogP contribution in [0.2, 0.25) is 0 Å². The molecule has 0 atom stereocenters. The molecule has 0 radical (unpaired) electrons. The number of carbonyl (C=O) groups excluding carboxylic acids is 2. The molecular formula is C28H27NO4. The number of esters is 2. The molecule has 0 amide bonds. The Kier molecular flexibility index (Phi) is 7.82. The summed E-state index contributed by atoms with van der Waals surface area (Å²) in [5, 5.41) is 0. The van der Waals surface area contributed by atoms with E-state index < -0.39 is 11.9 Å². The van der Waals surface area contributed by atoms with Gasteiger partial charge in [0.2, 0.25) is 0 Å². The van der Waals surface area contributed by atoms with Crippen LogP contribution in [-0.4, -0.2) is 11.9 Å². The third-order valence-electron chi connectivity index (χ3n) is 4.98. The van der Waals surface area contributed by atoms with Crippen molar-refractivity contribution < 1.29 is 19.1 Å². The molecule has 0 aliphatic carbocycles. The van der Waals surface area contributed by atoms with Gasteiger partial charge in [0, 0.05) is 29.2 Å². The molecule has 0 saturated heterocycles. The third-order valence-corrected chi connectivity index (χ3v) is 4.98. The number of anilines is 3. The molecule has 5 nitrogen and oxygen atoms in total. The standard InChI is InChI=1S/C28H27NO4/c1-5-7-27(30)32-25-15-11-22(12-16-25)29(24-10-9-20(3)21(4)19-24)23-13-17-26(18-14-23)33-28(31)8-6-2/h5-19H,1-4H3/b7-5+,8-6+. The number of aryl methyl sites for hydroxylation is 2. The van der Waals surface area contributed by atoms with E-state index in [1.165, 1.54) is 23.3 Å². The summed E-state index contributed by atoms with van der Waals surface area (Å²) in [4.78, 5) is 25.6. The molecule has 0 unspecified atom stereocenters. The molecule has 0 spiro atoms. The van der Waals surface area contributed by atoms with Crippen LogP contribution in [-0.2, 0) is 9.59 Å². The van der Waals surface area contributed by atoms with Crippen LogP contribution >= 0.6 is 0 Å². The Morgan fingerprint density at radius 3 is 1.45 bits per heavy atom. The maximum Gasteiger partial charge on any atom is 0.335 e. The van der Waals surface area contributed by atoms with Crippen molar-refractivity contribution in [2.24, 2.45) is 0 Å². The van der Waals surface area contributed by atoms with Crippen LogP contribution in [0.3, 0.4) is 0 Å². The molecule has 0 saturated carbocycles. The van der Waals surface area contributed by atoms with E-state index in [0.717, 1.165) is 17.1 Å². The Balaban J connectivity index is 1.96. The summed E-state index contributed by atoms with van der Waals surface area (Å²) in [6.07, 6.45) is 6.02. The number of nitrogens with zero attached hydrogens (tertiary/aromatic N) is 1. The van der Waals surface area contributed by atoms with Gasteiger partial charge in [-0.2, -0.15) is 0 Å². The van der Waals surface area contributed by atoms with E-state index in [4.69, 9.17) is 9.47 Å². The second kappa shape index (κ2) is 11.0. The highest BCUT2D eigenvalue weighted by Crippen LogP contribution is 2.36. The highest BCUT2D eigenvalue weighted by atomic mass is 16.5. The summed E-state index contributed by atoms with van der Waals surface area (Å²) in [5.74, 6) is 0.0971. The topological polar surface area (TPSA) is 55.8 Å². The van der Waals surface area contributed by atoms with Crippen LogP contribution in [0.25, 0.3) is 0 Å². The second-order valence-electron chi connectivity index (χ2n) is 7.43. The molecule has 0 N–H and O–H groups in total. The lowest BCUT2D eigenvalue weighted by Gasteiger charge is -2.26. The number of carbonyl (C=O) groups is 2. The van der Waals surface area contributed by atoms with Gasteiger partial charge < -0.3 is 14.4 Å². The lowest BCUT2D eigenvalue weighted by molar-refractivity contribution is -0.129. The van der Waals surface area contributed by atoms with Crippen molar-refractivity contribution >= 4 is 29.0 Å². The SMILES string of the molecule is C/C=C/C(=O)Oc1ccc(N(c2ccc(OC(=O)/C=C/C)cc2)c2ccc(C)c(C)c2)cc1. The summed E-state index contributed by atoms with van der Waals surface area (Å²) in [5.41, 5.74) is 5.14. The maximum absolute atomic E-state index is 11.7. The van der Waals surface area contributed by atoms with Crippen molar-refractivity contribution in [3.05, 3.63) is 102 Å². The molecule has 0 heterocycles. The van der Waals surface area contributed by atoms with Gasteiger partial charge in [-0.25, -0.2) is 9.59 Å². The quantitative estimate of drug-likeness (QED) is 0.231. The Morgan fingerprint density at radius 1 is 0.636 bits per heavy atom. The van der Waals surface area contributed by atoms with Crippen molar-refractivity contribution in [1.29, 1.82) is 0 Å². The van der Waals surface area contributed by atoms with Crippen LogP contribution in [0, 0.1) is 13.8 Å². The molecule has 168 valence electrons. The predicted octanol–water partition coefficient (Wildman–Crippen LogP) is 6.74. The lowest BCUT2D eigenvalue weighted by atomic mass is 10.1. The summed E-state index contributed by atoms with van der Waals surface area (Å²) in [6.45, 7) is 7.67. The van der Waals surface area contributed by atoms with E-state index in [1.54, 1.807) is 50.3 Å². The maximum atomic E-state index is 11.7. The molecule has 3 aromatic carbocycles. The van der Waals surface area contributed by atoms with Crippen LogP contribution < -0.4 is 14.4 Å². The smallest absolute Gasteiger partial charge is 0.335 e. The first-order chi connectivity index (χ1) is 15.9. The fourth-order valence-electron chi connectivity index (χ4n) is 3.21. The van der Waals surface area contributed by atoms with Gasteiger partial charge in [0.1, 0.15) is 11.5 Å². The molecule has 3 rings (SSSR count). The van der Waals surface area contributed by atoms with Gasteiger partial charge >= 0.3 is 11.9 Å². The highest BCUT2D eigenvalue weighted by molar-refractivity contribution is 5.85. The van der Waals surface area contributed by atoms with Crippen molar-refractivity contribution in [1.82, 2.24) is 0 Å². The zero-order valence-electron chi connectivity index (χ0n) is 19.2. The van der Waals surface area contributed by atoms with Gasteiger partial charge in [0.25, 0.3) is 0 Å². The summed E-state index contributed by atoms with van der Waals surface area (Å²) in [6, 6.07) is 20.9. The van der Waals surface area contributed by atoms with Crippen molar-refractivity contribution in [3.8, 4) is 11.5 Å². The molecule has 3 aromatic rings. The van der Waals surface area contributed by atoms with Gasteiger partial charge in [0.15, 0.2) is 0 Å². The minimum absolute atomic E-state index is 0.417. The number of hydrogen-bond acceptors (Lipinski definition) is 5. The first-order valence-corrected chi connectivity index (χ1v) is 10.7. The number of rotatable bonds is 7. The fraction of sp³-hybridized carbons (Fsp3) is 0.143. The molecular weight excluding hydrogens is 414 g/mol. The van der Waals surface area contributed by atoms with Gasteiger partial charge in [-0.15, -0.1) is 0 Å². The normalized spacial score (nSPS) is 11.0. The van der Waals surface area contributed by atoms with E-state index in [9.17, 15) is 9.59 Å². The van der Waals surface area contributed by atoms with Gasteiger partial charge in [-0.05, 0) is 99.5 Å². The van der Waals surface area contributed by atoms with Crippen molar-refractivity contribution in [3.63, 3.8) is 0 Å². The molecule has 0 fully saturated rings. The largest absolute Gasteiger partial charge is 0.423 e. The van der Waals surface area contributed by atoms with Crippen molar-refractivity contribution in [2.75, 3.05) is 4.90 Å². The Morgan fingerprint density at radius 2 is 1.06 bits per heavy atom. The number of ether oxygens (including phenoxy) is 2. The van der Waals surface area contributed by atoms with Gasteiger partial charge in [-0.3, -0.25) is 0 Å². The third kappa shape index (κ3) is 6.20. The van der Waals surface area contributed by atoms with Crippen LogP contribution in [0.4, 0.5) is 17.1 Å². The molecule has 0 aromatic heterocycles. The van der Waals surface area contributed by atoms with E-state index in [1.807, 2.05) is 24.3 Å². The minimum atomic E-state index is -0.417. The zero-order valence-corrected chi connectivity index (χ0v) is 19.2. The lowest BCUT2D eigenvalue weighted by Crippen LogP contribution is -2.11. The summed E-state index contributed by atoms with van der Waals surface area (Å²) < 4.78 is 10.6. The summed E-state index contributed by atoms with van der Waals surface area (Å²) in [7, 11) is 0. The number of benzene rings is 3. The minimum Gasteiger partial charge on any atom is -0.423 e. The number of hydrogen-bond donors (Lipinski definition) is 0. The predicted molar refractivity (Wildman–Crippen MR) is 131 cm³/mol.